The molecule has 7 nitrogen and oxygen atoms in total. The van der Waals surface area contributed by atoms with E-state index in [4.69, 9.17) is 4.42 Å². The van der Waals surface area contributed by atoms with Gasteiger partial charge in [0.05, 0.1) is 6.26 Å². The second-order valence-electron chi connectivity index (χ2n) is 6.07. The number of nitrogens with zero attached hydrogens (tertiary/aromatic N) is 3. The van der Waals surface area contributed by atoms with Crippen molar-refractivity contribution in [2.45, 2.75) is 30.8 Å². The highest BCUT2D eigenvalue weighted by molar-refractivity contribution is 8.00. The summed E-state index contributed by atoms with van der Waals surface area (Å²) in [4.78, 5) is 11.8. The number of benzene rings is 1. The van der Waals surface area contributed by atoms with Gasteiger partial charge in [0.2, 0.25) is 5.16 Å². The van der Waals surface area contributed by atoms with Crippen molar-refractivity contribution in [1.82, 2.24) is 14.9 Å². The van der Waals surface area contributed by atoms with Crippen LogP contribution in [0.15, 0.2) is 46.2 Å². The molecule has 1 aromatic carbocycles. The van der Waals surface area contributed by atoms with Crippen molar-refractivity contribution in [2.24, 2.45) is 0 Å². The molecule has 2 aromatic heterocycles. The summed E-state index contributed by atoms with van der Waals surface area (Å²) in [6.07, 6.45) is 1.48. The summed E-state index contributed by atoms with van der Waals surface area (Å²) in [7, 11) is 0. The number of rotatable bonds is 3. The van der Waals surface area contributed by atoms with E-state index < -0.39 is 0 Å². The molecule has 3 heterocycles. The molecule has 0 spiro atoms. The molecule has 0 fully saturated rings. The molecule has 128 valence electrons. The van der Waals surface area contributed by atoms with Crippen LogP contribution < -0.4 is 10.7 Å². The number of furan rings is 1. The normalized spacial score (nSPS) is 18.7. The third kappa shape index (κ3) is 2.68. The topological polar surface area (TPSA) is 85.0 Å². The van der Waals surface area contributed by atoms with Gasteiger partial charge in [-0.3, -0.25) is 4.79 Å². The highest BCUT2D eigenvalue weighted by atomic mass is 32.2. The van der Waals surface area contributed by atoms with Crippen LogP contribution in [0.25, 0.3) is 0 Å². The Bertz CT molecular complexity index is 950. The number of thioether (sulfide) groups is 1. The van der Waals surface area contributed by atoms with E-state index in [2.05, 4.69) is 33.9 Å². The van der Waals surface area contributed by atoms with Crippen molar-refractivity contribution in [2.75, 3.05) is 10.7 Å². The molecule has 1 atom stereocenters. The molecule has 0 saturated heterocycles. The Balaban J connectivity index is 1.57. The summed E-state index contributed by atoms with van der Waals surface area (Å²) in [5.41, 5.74) is 6.26. The van der Waals surface area contributed by atoms with Crippen LogP contribution >= 0.6 is 11.8 Å². The second kappa shape index (κ2) is 5.66. The number of anilines is 1. The molecule has 1 unspecified atom stereocenters. The second-order valence-corrected chi connectivity index (χ2v) is 7.46. The fourth-order valence-electron chi connectivity index (χ4n) is 2.77. The molecule has 1 aliphatic heterocycles. The number of carbonyl (C=O) groups is 1. The molecule has 3 aromatic rings. The number of nitrogens with one attached hydrogen (secondary N) is 2. The van der Waals surface area contributed by atoms with E-state index in [1.807, 2.05) is 30.7 Å². The first-order chi connectivity index (χ1) is 12.0. The number of carbonyl (C=O) groups excluding carboxylic acids is 1. The van der Waals surface area contributed by atoms with E-state index in [9.17, 15) is 4.79 Å². The first kappa shape index (κ1) is 15.8. The molecule has 25 heavy (non-hydrogen) atoms. The summed E-state index contributed by atoms with van der Waals surface area (Å²) < 4.78 is 7.02. The van der Waals surface area contributed by atoms with Crippen LogP contribution in [-0.4, -0.2) is 20.8 Å². The molecule has 0 saturated carbocycles. The van der Waals surface area contributed by atoms with E-state index >= 15 is 0 Å². The Morgan fingerprint density at radius 1 is 1.32 bits per heavy atom. The predicted octanol–water partition coefficient (Wildman–Crippen LogP) is 3.26. The molecule has 0 bridgehead atoms. The summed E-state index contributed by atoms with van der Waals surface area (Å²) in [6.45, 7) is 5.98. The van der Waals surface area contributed by atoms with Gasteiger partial charge in [0, 0.05) is 5.69 Å². The fraction of sp³-hybridized carbons (Fsp3) is 0.235. The van der Waals surface area contributed by atoms with Gasteiger partial charge in [0.1, 0.15) is 10.7 Å². The number of hydrogen-bond acceptors (Lipinski definition) is 6. The molecular weight excluding hydrogens is 338 g/mol. The molecule has 8 heteroatoms. The van der Waals surface area contributed by atoms with Crippen molar-refractivity contribution >= 4 is 23.4 Å². The number of amides is 1. The Kier molecular flexibility index (Phi) is 3.57. The highest BCUT2D eigenvalue weighted by Crippen LogP contribution is 2.44. The minimum atomic E-state index is -0.343. The van der Waals surface area contributed by atoms with Gasteiger partial charge in [-0.25, -0.2) is 4.68 Å². The van der Waals surface area contributed by atoms with E-state index in [1.165, 1.54) is 6.26 Å². The predicted molar refractivity (Wildman–Crippen MR) is 95.2 cm³/mol. The molecule has 0 radical (unpaired) electrons. The first-order valence-electron chi connectivity index (χ1n) is 7.81. The van der Waals surface area contributed by atoms with E-state index in [-0.39, 0.29) is 16.5 Å². The number of hydrogen-bond donors (Lipinski definition) is 2. The zero-order valence-electron chi connectivity index (χ0n) is 14.0. The summed E-state index contributed by atoms with van der Waals surface area (Å²) in [5.74, 6) is 0.851. The Hall–Kier alpha value is -2.74. The maximum absolute atomic E-state index is 12.1. The Labute approximate surface area is 148 Å². The monoisotopic (exact) mass is 355 g/mol. The van der Waals surface area contributed by atoms with Crippen LogP contribution in [0.4, 0.5) is 5.69 Å². The highest BCUT2D eigenvalue weighted by Gasteiger charge is 2.37. The number of aromatic nitrogens is 3. The first-order valence-corrected chi connectivity index (χ1v) is 8.63. The summed E-state index contributed by atoms with van der Waals surface area (Å²) in [5, 5.41) is 11.9. The maximum atomic E-state index is 12.1. The third-order valence-electron chi connectivity index (χ3n) is 4.19. The zero-order chi connectivity index (χ0) is 17.6. The summed E-state index contributed by atoms with van der Waals surface area (Å²) in [6, 6.07) is 9.30. The lowest BCUT2D eigenvalue weighted by atomic mass is 10.0. The van der Waals surface area contributed by atoms with Crippen LogP contribution in [0.5, 0.6) is 0 Å². The molecule has 1 amide bonds. The van der Waals surface area contributed by atoms with Crippen LogP contribution in [-0.2, 0) is 4.87 Å². The minimum absolute atomic E-state index is 0.262. The van der Waals surface area contributed by atoms with E-state index in [0.29, 0.717) is 0 Å². The van der Waals surface area contributed by atoms with Gasteiger partial charge in [-0.05, 0) is 50.1 Å². The largest absolute Gasteiger partial charge is 0.459 e. The van der Waals surface area contributed by atoms with Gasteiger partial charge in [-0.1, -0.05) is 23.9 Å². The smallest absolute Gasteiger partial charge is 0.291 e. The molecule has 0 aliphatic carbocycles. The maximum Gasteiger partial charge on any atom is 0.291 e. The number of fused-ring (bicyclic) bond motifs is 1. The third-order valence-corrected chi connectivity index (χ3v) is 5.37. The van der Waals surface area contributed by atoms with Crippen molar-refractivity contribution < 1.29 is 9.21 Å². The molecular formula is C17H17N5O2S. The van der Waals surface area contributed by atoms with Crippen molar-refractivity contribution in [1.29, 1.82) is 0 Å². The van der Waals surface area contributed by atoms with Crippen LogP contribution in [0.2, 0.25) is 0 Å². The number of aryl methyl sites for hydroxylation is 2. The van der Waals surface area contributed by atoms with Crippen molar-refractivity contribution in [3.05, 3.63) is 59.3 Å². The Morgan fingerprint density at radius 2 is 2.16 bits per heavy atom. The van der Waals surface area contributed by atoms with Crippen LogP contribution in [0.1, 0.15) is 34.4 Å². The Morgan fingerprint density at radius 3 is 2.84 bits per heavy atom. The average molecular weight is 355 g/mol. The van der Waals surface area contributed by atoms with Gasteiger partial charge in [-0.2, -0.15) is 0 Å². The fourth-order valence-corrected chi connectivity index (χ4v) is 3.87. The van der Waals surface area contributed by atoms with Gasteiger partial charge >= 0.3 is 0 Å². The standard InChI is InChI=1S/C17H17N5O2S/c1-10-9-12(17(3)21-22-11(2)19-20-16(22)25-17)6-7-13(10)18-15(23)14-5-4-8-24-14/h4-9,21H,1-3H3,(H,18,23). The minimum Gasteiger partial charge on any atom is -0.459 e. The van der Waals surface area contributed by atoms with Crippen LogP contribution in [0, 0.1) is 13.8 Å². The van der Waals surface area contributed by atoms with Crippen molar-refractivity contribution in [3.8, 4) is 0 Å². The average Bonchev–Trinajstić information content (AvgIpc) is 3.28. The van der Waals surface area contributed by atoms with Gasteiger partial charge < -0.3 is 15.2 Å². The summed E-state index contributed by atoms with van der Waals surface area (Å²) >= 11 is 1.61. The van der Waals surface area contributed by atoms with Gasteiger partial charge in [0.15, 0.2) is 5.76 Å². The molecule has 2 N–H and O–H groups in total. The quantitative estimate of drug-likeness (QED) is 0.750. The lowest BCUT2D eigenvalue weighted by Crippen LogP contribution is -2.30. The van der Waals surface area contributed by atoms with Gasteiger partial charge in [-0.15, -0.1) is 10.2 Å². The SMILES string of the molecule is Cc1cc(C2(C)Nn3c(C)nnc3S2)ccc1NC(=O)c1ccco1. The lowest BCUT2D eigenvalue weighted by Gasteiger charge is -2.25. The molecule has 1 aliphatic rings. The zero-order valence-corrected chi connectivity index (χ0v) is 14.8. The van der Waals surface area contributed by atoms with Crippen molar-refractivity contribution in [3.63, 3.8) is 0 Å². The lowest BCUT2D eigenvalue weighted by molar-refractivity contribution is 0.0996. The van der Waals surface area contributed by atoms with Gasteiger partial charge in [0.25, 0.3) is 5.91 Å². The van der Waals surface area contributed by atoms with E-state index in [0.717, 1.165) is 27.8 Å². The van der Waals surface area contributed by atoms with E-state index in [1.54, 1.807) is 23.9 Å². The van der Waals surface area contributed by atoms with Crippen LogP contribution in [0.3, 0.4) is 0 Å². The molecule has 4 rings (SSSR count).